The van der Waals surface area contributed by atoms with E-state index in [4.69, 9.17) is 11.5 Å². The quantitative estimate of drug-likeness (QED) is 0.805. The van der Waals surface area contributed by atoms with Crippen LogP contribution in [0, 0.1) is 12.8 Å². The van der Waals surface area contributed by atoms with Crippen molar-refractivity contribution in [3.8, 4) is 0 Å². The first-order valence-corrected chi connectivity index (χ1v) is 5.55. The normalized spacial score (nSPS) is 27.2. The molecule has 2 nitrogen and oxygen atoms in total. The van der Waals surface area contributed by atoms with Gasteiger partial charge in [0.15, 0.2) is 0 Å². The number of rotatable bonds is 1. The Kier molecular flexibility index (Phi) is 4.02. The van der Waals surface area contributed by atoms with Crippen LogP contribution in [0.15, 0.2) is 48.2 Å². The van der Waals surface area contributed by atoms with Gasteiger partial charge in [0.05, 0.1) is 5.54 Å². The van der Waals surface area contributed by atoms with Crippen molar-refractivity contribution < 1.29 is 0 Å². The SMILES string of the molecule is Cc1ccccc1C1(N)C=CC(N)=CC1C.Cl. The highest BCUT2D eigenvalue weighted by atomic mass is 35.5. The number of hydrogen-bond donors (Lipinski definition) is 2. The molecule has 2 rings (SSSR count). The van der Waals surface area contributed by atoms with Crippen molar-refractivity contribution in [2.24, 2.45) is 17.4 Å². The monoisotopic (exact) mass is 250 g/mol. The molecule has 92 valence electrons. The maximum absolute atomic E-state index is 6.50. The van der Waals surface area contributed by atoms with Crippen molar-refractivity contribution in [1.29, 1.82) is 0 Å². The Hall–Kier alpha value is -1.25. The van der Waals surface area contributed by atoms with Crippen LogP contribution in [-0.4, -0.2) is 0 Å². The van der Waals surface area contributed by atoms with E-state index in [-0.39, 0.29) is 18.3 Å². The molecule has 1 aliphatic rings. The van der Waals surface area contributed by atoms with Gasteiger partial charge in [-0.15, -0.1) is 12.4 Å². The molecule has 1 aromatic rings. The van der Waals surface area contributed by atoms with Crippen molar-refractivity contribution >= 4 is 12.4 Å². The first kappa shape index (κ1) is 13.8. The molecule has 2 atom stereocenters. The molecule has 4 N–H and O–H groups in total. The van der Waals surface area contributed by atoms with E-state index in [2.05, 4.69) is 26.0 Å². The highest BCUT2D eigenvalue weighted by Crippen LogP contribution is 2.34. The molecule has 0 heterocycles. The lowest BCUT2D eigenvalue weighted by Gasteiger charge is -2.35. The Bertz CT molecular complexity index is 465. The van der Waals surface area contributed by atoms with E-state index >= 15 is 0 Å². The third-order valence-corrected chi connectivity index (χ3v) is 3.36. The topological polar surface area (TPSA) is 52.0 Å². The van der Waals surface area contributed by atoms with E-state index in [0.717, 1.165) is 5.70 Å². The highest BCUT2D eigenvalue weighted by Gasteiger charge is 2.32. The largest absolute Gasteiger partial charge is 0.399 e. The van der Waals surface area contributed by atoms with E-state index < -0.39 is 5.54 Å². The predicted octanol–water partition coefficient (Wildman–Crippen LogP) is 2.62. The smallest absolute Gasteiger partial charge is 0.0663 e. The molecule has 0 aliphatic heterocycles. The molecule has 0 saturated heterocycles. The van der Waals surface area contributed by atoms with Crippen LogP contribution in [0.1, 0.15) is 18.1 Å². The van der Waals surface area contributed by atoms with Crippen molar-refractivity contribution in [2.45, 2.75) is 19.4 Å². The average molecular weight is 251 g/mol. The summed E-state index contributed by atoms with van der Waals surface area (Å²) in [6.07, 6.45) is 5.92. The van der Waals surface area contributed by atoms with Gasteiger partial charge in [0.1, 0.15) is 0 Å². The molecule has 17 heavy (non-hydrogen) atoms. The summed E-state index contributed by atoms with van der Waals surface area (Å²) in [5.41, 5.74) is 15.0. The molecule has 0 amide bonds. The zero-order chi connectivity index (χ0) is 11.8. The van der Waals surface area contributed by atoms with Gasteiger partial charge in [-0.05, 0) is 24.1 Å². The molecular weight excluding hydrogens is 232 g/mol. The lowest BCUT2D eigenvalue weighted by molar-refractivity contribution is 0.428. The minimum absolute atomic E-state index is 0. The van der Waals surface area contributed by atoms with E-state index in [1.807, 2.05) is 30.4 Å². The Balaban J connectivity index is 0.00000144. The van der Waals surface area contributed by atoms with Crippen molar-refractivity contribution in [2.75, 3.05) is 0 Å². The molecule has 0 bridgehead atoms. The number of allylic oxidation sites excluding steroid dienone is 1. The van der Waals surface area contributed by atoms with Gasteiger partial charge in [-0.1, -0.05) is 43.3 Å². The second-order valence-electron chi connectivity index (χ2n) is 4.54. The van der Waals surface area contributed by atoms with Crippen LogP contribution in [0.4, 0.5) is 0 Å². The molecule has 0 spiro atoms. The Morgan fingerprint density at radius 1 is 1.24 bits per heavy atom. The van der Waals surface area contributed by atoms with Crippen LogP contribution < -0.4 is 11.5 Å². The van der Waals surface area contributed by atoms with Gasteiger partial charge < -0.3 is 11.5 Å². The fourth-order valence-electron chi connectivity index (χ4n) is 2.26. The van der Waals surface area contributed by atoms with Gasteiger partial charge in [-0.3, -0.25) is 0 Å². The van der Waals surface area contributed by atoms with Crippen LogP contribution >= 0.6 is 12.4 Å². The molecule has 0 radical (unpaired) electrons. The summed E-state index contributed by atoms with van der Waals surface area (Å²) in [5.74, 6) is 0.207. The fourth-order valence-corrected chi connectivity index (χ4v) is 2.26. The molecule has 2 unspecified atom stereocenters. The van der Waals surface area contributed by atoms with E-state index in [0.29, 0.717) is 0 Å². The minimum Gasteiger partial charge on any atom is -0.399 e. The Labute approximate surface area is 109 Å². The fraction of sp³-hybridized carbons (Fsp3) is 0.286. The van der Waals surface area contributed by atoms with E-state index in [9.17, 15) is 0 Å². The third-order valence-electron chi connectivity index (χ3n) is 3.36. The van der Waals surface area contributed by atoms with Gasteiger partial charge in [0.25, 0.3) is 0 Å². The molecule has 0 aromatic heterocycles. The van der Waals surface area contributed by atoms with Gasteiger partial charge in [-0.2, -0.15) is 0 Å². The summed E-state index contributed by atoms with van der Waals surface area (Å²) in [6.45, 7) is 4.19. The van der Waals surface area contributed by atoms with Crippen molar-refractivity contribution in [3.05, 3.63) is 59.3 Å². The minimum atomic E-state index is -0.436. The maximum Gasteiger partial charge on any atom is 0.0663 e. The Morgan fingerprint density at radius 2 is 1.88 bits per heavy atom. The van der Waals surface area contributed by atoms with E-state index in [1.165, 1.54) is 11.1 Å². The number of aryl methyl sites for hydroxylation is 1. The van der Waals surface area contributed by atoms with Crippen LogP contribution in [0.25, 0.3) is 0 Å². The van der Waals surface area contributed by atoms with Crippen molar-refractivity contribution in [1.82, 2.24) is 0 Å². The summed E-state index contributed by atoms with van der Waals surface area (Å²) in [6, 6.07) is 8.24. The number of benzene rings is 1. The van der Waals surface area contributed by atoms with Crippen LogP contribution in [0.3, 0.4) is 0 Å². The molecule has 1 aromatic carbocycles. The van der Waals surface area contributed by atoms with Crippen LogP contribution in [0.5, 0.6) is 0 Å². The molecule has 0 fully saturated rings. The number of nitrogens with two attached hydrogens (primary N) is 2. The van der Waals surface area contributed by atoms with Gasteiger partial charge >= 0.3 is 0 Å². The summed E-state index contributed by atoms with van der Waals surface area (Å²) >= 11 is 0. The van der Waals surface area contributed by atoms with E-state index in [1.54, 1.807) is 0 Å². The van der Waals surface area contributed by atoms with Gasteiger partial charge in [-0.25, -0.2) is 0 Å². The summed E-state index contributed by atoms with van der Waals surface area (Å²) < 4.78 is 0. The lowest BCUT2D eigenvalue weighted by Crippen LogP contribution is -2.42. The van der Waals surface area contributed by atoms with Crippen molar-refractivity contribution in [3.63, 3.8) is 0 Å². The Morgan fingerprint density at radius 3 is 2.47 bits per heavy atom. The zero-order valence-corrected chi connectivity index (χ0v) is 11.0. The molecular formula is C14H19ClN2. The van der Waals surface area contributed by atoms with Gasteiger partial charge in [0.2, 0.25) is 0 Å². The summed E-state index contributed by atoms with van der Waals surface area (Å²) in [4.78, 5) is 0. The lowest BCUT2D eigenvalue weighted by atomic mass is 9.75. The van der Waals surface area contributed by atoms with Crippen LogP contribution in [-0.2, 0) is 5.54 Å². The first-order chi connectivity index (χ1) is 7.54. The summed E-state index contributed by atoms with van der Waals surface area (Å²) in [5, 5.41) is 0. The highest BCUT2D eigenvalue weighted by molar-refractivity contribution is 5.85. The third kappa shape index (κ3) is 2.38. The van der Waals surface area contributed by atoms with Crippen LogP contribution in [0.2, 0.25) is 0 Å². The molecule has 0 saturated carbocycles. The number of halogens is 1. The zero-order valence-electron chi connectivity index (χ0n) is 10.2. The molecule has 1 aliphatic carbocycles. The summed E-state index contributed by atoms with van der Waals surface area (Å²) in [7, 11) is 0. The van der Waals surface area contributed by atoms with Gasteiger partial charge in [0, 0.05) is 11.6 Å². The number of hydrogen-bond acceptors (Lipinski definition) is 2. The standard InChI is InChI=1S/C14H18N2.ClH/c1-10-5-3-4-6-13(10)14(16)8-7-12(15)9-11(14)2;/h3-9,11H,15-16H2,1-2H3;1H. The first-order valence-electron chi connectivity index (χ1n) is 5.55. The second-order valence-corrected chi connectivity index (χ2v) is 4.54. The second kappa shape index (κ2) is 4.94. The predicted molar refractivity (Wildman–Crippen MR) is 74.9 cm³/mol. The average Bonchev–Trinajstić information content (AvgIpc) is 2.25. The maximum atomic E-state index is 6.50. The molecule has 3 heteroatoms.